The maximum atomic E-state index is 12.3. The predicted molar refractivity (Wildman–Crippen MR) is 66.0 cm³/mol. The number of aromatic nitrogens is 2. The summed E-state index contributed by atoms with van der Waals surface area (Å²) < 4.78 is 25.8. The van der Waals surface area contributed by atoms with Crippen LogP contribution in [-0.4, -0.2) is 53.5 Å². The number of sulfonamides is 1. The van der Waals surface area contributed by atoms with Crippen LogP contribution >= 0.6 is 0 Å². The first kappa shape index (κ1) is 13.1. The minimum atomic E-state index is -3.63. The number of carbonyl (C=O) groups excluding carboxylic acids is 2. The first-order chi connectivity index (χ1) is 9.44. The van der Waals surface area contributed by atoms with Gasteiger partial charge in [0.1, 0.15) is 5.54 Å². The molecule has 0 saturated carbocycles. The van der Waals surface area contributed by atoms with E-state index in [1.54, 1.807) is 0 Å². The molecule has 3 rings (SSSR count). The molecule has 1 aromatic heterocycles. The van der Waals surface area contributed by atoms with Gasteiger partial charge < -0.3 is 5.32 Å². The highest BCUT2D eigenvalue weighted by atomic mass is 32.2. The number of piperidine rings is 1. The molecule has 20 heavy (non-hydrogen) atoms. The quantitative estimate of drug-likeness (QED) is 0.590. The first-order valence-corrected chi connectivity index (χ1v) is 7.51. The SMILES string of the molecule is O=C1NC(=O)C2(CCN(S(=O)(=O)c3ccn[nH]3)CC2)N1. The Bertz CT molecular complexity index is 645. The Morgan fingerprint density at radius 1 is 1.25 bits per heavy atom. The molecule has 2 aliphatic rings. The third-order valence-electron chi connectivity index (χ3n) is 3.68. The van der Waals surface area contributed by atoms with Crippen molar-refractivity contribution < 1.29 is 18.0 Å². The van der Waals surface area contributed by atoms with E-state index in [9.17, 15) is 18.0 Å². The lowest BCUT2D eigenvalue weighted by Crippen LogP contribution is -2.55. The maximum absolute atomic E-state index is 12.3. The highest BCUT2D eigenvalue weighted by molar-refractivity contribution is 7.89. The van der Waals surface area contributed by atoms with Gasteiger partial charge in [-0.2, -0.15) is 9.40 Å². The highest BCUT2D eigenvalue weighted by Crippen LogP contribution is 2.28. The van der Waals surface area contributed by atoms with Crippen molar-refractivity contribution in [3.63, 3.8) is 0 Å². The van der Waals surface area contributed by atoms with Gasteiger partial charge in [0.2, 0.25) is 0 Å². The summed E-state index contributed by atoms with van der Waals surface area (Å²) in [7, 11) is -3.63. The van der Waals surface area contributed by atoms with Gasteiger partial charge in [-0.3, -0.25) is 15.2 Å². The number of rotatable bonds is 2. The molecule has 10 heteroatoms. The molecule has 2 saturated heterocycles. The summed E-state index contributed by atoms with van der Waals surface area (Å²) in [6.07, 6.45) is 1.86. The van der Waals surface area contributed by atoms with Crippen molar-refractivity contribution in [2.75, 3.05) is 13.1 Å². The molecule has 108 valence electrons. The molecule has 9 nitrogen and oxygen atoms in total. The van der Waals surface area contributed by atoms with Crippen molar-refractivity contribution >= 4 is 22.0 Å². The molecule has 3 amide bonds. The Morgan fingerprint density at radius 2 is 1.95 bits per heavy atom. The zero-order chi connectivity index (χ0) is 14.4. The number of H-pyrrole nitrogens is 1. The predicted octanol–water partition coefficient (Wildman–Crippen LogP) is -1.23. The van der Waals surface area contributed by atoms with Gasteiger partial charge in [0.25, 0.3) is 15.9 Å². The number of nitrogens with one attached hydrogen (secondary N) is 3. The van der Waals surface area contributed by atoms with Crippen LogP contribution in [0.1, 0.15) is 12.8 Å². The van der Waals surface area contributed by atoms with Gasteiger partial charge in [-0.15, -0.1) is 0 Å². The van der Waals surface area contributed by atoms with Crippen molar-refractivity contribution in [1.29, 1.82) is 0 Å². The van der Waals surface area contributed by atoms with Gasteiger partial charge >= 0.3 is 6.03 Å². The van der Waals surface area contributed by atoms with E-state index in [1.807, 2.05) is 0 Å². The number of urea groups is 1. The summed E-state index contributed by atoms with van der Waals surface area (Å²) in [5, 5.41) is 10.8. The molecule has 1 spiro atoms. The zero-order valence-electron chi connectivity index (χ0n) is 10.4. The lowest BCUT2D eigenvalue weighted by atomic mass is 9.89. The maximum Gasteiger partial charge on any atom is 0.322 e. The summed E-state index contributed by atoms with van der Waals surface area (Å²) in [5.41, 5.74) is -0.975. The molecule has 2 aliphatic heterocycles. The van der Waals surface area contributed by atoms with Crippen molar-refractivity contribution in [2.24, 2.45) is 0 Å². The number of hydrogen-bond acceptors (Lipinski definition) is 5. The summed E-state index contributed by atoms with van der Waals surface area (Å²) in [4.78, 5) is 23.0. The monoisotopic (exact) mass is 299 g/mol. The summed E-state index contributed by atoms with van der Waals surface area (Å²) in [6.45, 7) is 0.324. The van der Waals surface area contributed by atoms with E-state index in [0.29, 0.717) is 0 Å². The van der Waals surface area contributed by atoms with Crippen LogP contribution in [0.4, 0.5) is 4.79 Å². The van der Waals surface area contributed by atoms with Crippen molar-refractivity contribution in [2.45, 2.75) is 23.4 Å². The molecule has 3 heterocycles. The van der Waals surface area contributed by atoms with Gasteiger partial charge in [-0.25, -0.2) is 13.2 Å². The van der Waals surface area contributed by atoms with Crippen LogP contribution < -0.4 is 10.6 Å². The van der Waals surface area contributed by atoms with Crippen LogP contribution in [0.2, 0.25) is 0 Å². The second kappa shape index (κ2) is 4.28. The number of carbonyl (C=O) groups is 2. The minimum Gasteiger partial charge on any atom is -0.323 e. The zero-order valence-corrected chi connectivity index (χ0v) is 11.2. The Balaban J connectivity index is 1.77. The molecular weight excluding hydrogens is 286 g/mol. The number of imide groups is 1. The van der Waals surface area contributed by atoms with E-state index in [4.69, 9.17) is 0 Å². The van der Waals surface area contributed by atoms with Crippen molar-refractivity contribution in [3.05, 3.63) is 12.3 Å². The molecule has 2 fully saturated rings. The molecule has 0 radical (unpaired) electrons. The summed E-state index contributed by atoms with van der Waals surface area (Å²) in [5.74, 6) is -0.388. The largest absolute Gasteiger partial charge is 0.323 e. The van der Waals surface area contributed by atoms with Crippen LogP contribution in [0.3, 0.4) is 0 Å². The molecule has 0 aromatic carbocycles. The molecule has 3 N–H and O–H groups in total. The van der Waals surface area contributed by atoms with Crippen LogP contribution in [0, 0.1) is 0 Å². The van der Waals surface area contributed by atoms with Crippen LogP contribution in [0.15, 0.2) is 17.3 Å². The second-order valence-electron chi connectivity index (χ2n) is 4.82. The Kier molecular flexibility index (Phi) is 2.80. The molecule has 0 atom stereocenters. The Morgan fingerprint density at radius 3 is 2.45 bits per heavy atom. The lowest BCUT2D eigenvalue weighted by molar-refractivity contribution is -0.125. The van der Waals surface area contributed by atoms with Gasteiger partial charge in [0, 0.05) is 13.1 Å². The van der Waals surface area contributed by atoms with E-state index in [1.165, 1.54) is 16.6 Å². The van der Waals surface area contributed by atoms with Gasteiger partial charge in [0.15, 0.2) is 5.03 Å². The van der Waals surface area contributed by atoms with Gasteiger partial charge in [-0.05, 0) is 18.9 Å². The summed E-state index contributed by atoms with van der Waals surface area (Å²) >= 11 is 0. The van der Waals surface area contributed by atoms with E-state index in [2.05, 4.69) is 20.8 Å². The van der Waals surface area contributed by atoms with Gasteiger partial charge in [0.05, 0.1) is 6.20 Å². The molecule has 1 aromatic rings. The fourth-order valence-corrected chi connectivity index (χ4v) is 3.86. The second-order valence-corrected chi connectivity index (χ2v) is 6.72. The fourth-order valence-electron chi connectivity index (χ4n) is 2.51. The first-order valence-electron chi connectivity index (χ1n) is 6.07. The van der Waals surface area contributed by atoms with E-state index >= 15 is 0 Å². The Labute approximate surface area is 114 Å². The van der Waals surface area contributed by atoms with E-state index in [-0.39, 0.29) is 36.9 Å². The molecule has 0 aliphatic carbocycles. The average molecular weight is 299 g/mol. The lowest BCUT2D eigenvalue weighted by Gasteiger charge is -2.35. The standard InChI is InChI=1S/C10H13N5O4S/c16-8-10(13-9(17)12-8)2-5-15(6-3-10)20(18,19)7-1-4-11-14-7/h1,4H,2-3,5-6H2,(H,11,14)(H2,12,13,16,17). The van der Waals surface area contributed by atoms with Crippen molar-refractivity contribution in [3.8, 4) is 0 Å². The van der Waals surface area contributed by atoms with Crippen molar-refractivity contribution in [1.82, 2.24) is 25.1 Å². The van der Waals surface area contributed by atoms with Crippen LogP contribution in [0.25, 0.3) is 0 Å². The molecule has 0 bridgehead atoms. The number of nitrogens with zero attached hydrogens (tertiary/aromatic N) is 2. The normalized spacial score (nSPS) is 22.8. The highest BCUT2D eigenvalue weighted by Gasteiger charge is 2.49. The van der Waals surface area contributed by atoms with Gasteiger partial charge in [-0.1, -0.05) is 0 Å². The minimum absolute atomic E-state index is 0.0216. The third-order valence-corrected chi connectivity index (χ3v) is 5.51. The van der Waals surface area contributed by atoms with E-state index < -0.39 is 21.6 Å². The summed E-state index contributed by atoms with van der Waals surface area (Å²) in [6, 6.07) is 0.851. The fraction of sp³-hybridized carbons (Fsp3) is 0.500. The smallest absolute Gasteiger partial charge is 0.322 e. The number of aromatic amines is 1. The average Bonchev–Trinajstić information content (AvgIpc) is 3.00. The molecular formula is C10H13N5O4S. The van der Waals surface area contributed by atoms with E-state index in [0.717, 1.165) is 0 Å². The topological polar surface area (TPSA) is 124 Å². The Hall–Kier alpha value is -1.94. The molecule has 0 unspecified atom stereocenters. The number of hydrogen-bond donors (Lipinski definition) is 3. The third kappa shape index (κ3) is 1.88. The van der Waals surface area contributed by atoms with Crippen LogP contribution in [0.5, 0.6) is 0 Å². The number of amides is 3. The van der Waals surface area contributed by atoms with Crippen LogP contribution in [-0.2, 0) is 14.8 Å².